The van der Waals surface area contributed by atoms with E-state index in [2.05, 4.69) is 244 Å². The summed E-state index contributed by atoms with van der Waals surface area (Å²) in [4.78, 5) is 2.51. The second-order valence-corrected chi connectivity index (χ2v) is 19.6. The molecule has 65 heavy (non-hydrogen) atoms. The molecule has 0 saturated carbocycles. The molecule has 0 N–H and O–H groups in total. The van der Waals surface area contributed by atoms with Crippen molar-refractivity contribution >= 4 is 59.3 Å². The van der Waals surface area contributed by atoms with Crippen molar-refractivity contribution in [1.29, 1.82) is 0 Å². The van der Waals surface area contributed by atoms with E-state index in [1.54, 1.807) is 0 Å². The molecule has 10 aromatic carbocycles. The molecular formula is C63H45NS. The predicted molar refractivity (Wildman–Crippen MR) is 277 cm³/mol. The number of anilines is 3. The van der Waals surface area contributed by atoms with Gasteiger partial charge in [0.2, 0.25) is 0 Å². The smallest absolute Gasteiger partial charge is 0.0554 e. The molecule has 0 bridgehead atoms. The van der Waals surface area contributed by atoms with Crippen molar-refractivity contribution in [3.63, 3.8) is 0 Å². The molecule has 1 aromatic heterocycles. The van der Waals surface area contributed by atoms with Crippen LogP contribution >= 0.6 is 11.3 Å². The van der Waals surface area contributed by atoms with Gasteiger partial charge in [0, 0.05) is 42.4 Å². The Morgan fingerprint density at radius 1 is 0.400 bits per heavy atom. The van der Waals surface area contributed by atoms with Crippen molar-refractivity contribution < 1.29 is 0 Å². The molecule has 0 fully saturated rings. The monoisotopic (exact) mass is 847 g/mol. The number of hydrogen-bond donors (Lipinski definition) is 0. The van der Waals surface area contributed by atoms with Crippen LogP contribution in [0.15, 0.2) is 218 Å². The van der Waals surface area contributed by atoms with Crippen LogP contribution in [0.4, 0.5) is 17.1 Å². The minimum Gasteiger partial charge on any atom is -0.310 e. The van der Waals surface area contributed by atoms with E-state index < -0.39 is 0 Å². The third kappa shape index (κ3) is 5.51. The van der Waals surface area contributed by atoms with Crippen LogP contribution in [0.2, 0.25) is 0 Å². The number of rotatable bonds is 6. The summed E-state index contributed by atoms with van der Waals surface area (Å²) in [5, 5.41) is 5.14. The summed E-state index contributed by atoms with van der Waals surface area (Å²) in [7, 11) is 0. The molecule has 308 valence electrons. The lowest BCUT2D eigenvalue weighted by atomic mass is 9.74. The number of nitrogens with zero attached hydrogens (tertiary/aromatic N) is 1. The minimum atomic E-state index is -0.323. The Labute approximate surface area is 384 Å². The summed E-state index contributed by atoms with van der Waals surface area (Å²) in [5.74, 6) is 0. The molecule has 1 atom stereocenters. The lowest BCUT2D eigenvalue weighted by Crippen LogP contribution is -2.22. The largest absolute Gasteiger partial charge is 0.310 e. The van der Waals surface area contributed by atoms with Crippen LogP contribution in [0.25, 0.3) is 75.5 Å². The molecule has 13 rings (SSSR count). The van der Waals surface area contributed by atoms with Crippen molar-refractivity contribution in [3.05, 3.63) is 246 Å². The second-order valence-electron chi connectivity index (χ2n) is 18.5. The van der Waals surface area contributed by atoms with Gasteiger partial charge >= 0.3 is 0 Å². The molecule has 11 aromatic rings. The number of fused-ring (bicyclic) bond motifs is 11. The van der Waals surface area contributed by atoms with Gasteiger partial charge in [-0.1, -0.05) is 196 Å². The Kier molecular flexibility index (Phi) is 8.32. The minimum absolute atomic E-state index is 0.118. The van der Waals surface area contributed by atoms with Crippen molar-refractivity contribution in [2.45, 2.75) is 31.6 Å². The van der Waals surface area contributed by atoms with Crippen LogP contribution in [0, 0.1) is 0 Å². The van der Waals surface area contributed by atoms with Gasteiger partial charge in [0.1, 0.15) is 0 Å². The van der Waals surface area contributed by atoms with Crippen LogP contribution in [0.3, 0.4) is 0 Å². The quantitative estimate of drug-likeness (QED) is 0.161. The average molecular weight is 848 g/mol. The van der Waals surface area contributed by atoms with Crippen molar-refractivity contribution in [2.24, 2.45) is 0 Å². The third-order valence-electron chi connectivity index (χ3n) is 14.7. The number of benzene rings is 10. The molecule has 0 saturated heterocycles. The Bertz CT molecular complexity index is 3710. The standard InChI is InChI=1S/C63H45NS/c1-62(2)54-27-13-11-24-49(54)52-26-15-25-51(60(52)62)47-22-10-9-20-45(47)41-31-34-43(35-32-41)64(57-29-16-30-58-59(57)53-37-33-40-17-7-8-21-46(40)61(53)65-58)44-36-38-50-48-23-12-14-28-55(48)63(3,56(50)39-44)42-18-5-4-6-19-42/h4-39H,1-3H3. The van der Waals surface area contributed by atoms with Crippen molar-refractivity contribution in [1.82, 2.24) is 0 Å². The lowest BCUT2D eigenvalue weighted by Gasteiger charge is -2.31. The Hall–Kier alpha value is -7.52. The van der Waals surface area contributed by atoms with Gasteiger partial charge in [-0.25, -0.2) is 0 Å². The summed E-state index contributed by atoms with van der Waals surface area (Å²) in [6.45, 7) is 7.17. The number of thiophene rings is 1. The topological polar surface area (TPSA) is 3.24 Å². The normalized spacial score (nSPS) is 15.5. The fourth-order valence-corrected chi connectivity index (χ4v) is 12.9. The van der Waals surface area contributed by atoms with Gasteiger partial charge in [-0.2, -0.15) is 0 Å². The number of hydrogen-bond acceptors (Lipinski definition) is 2. The molecule has 0 aliphatic heterocycles. The summed E-state index contributed by atoms with van der Waals surface area (Å²) < 4.78 is 2.62. The summed E-state index contributed by atoms with van der Waals surface area (Å²) >= 11 is 1.90. The van der Waals surface area contributed by atoms with Gasteiger partial charge < -0.3 is 4.90 Å². The van der Waals surface area contributed by atoms with Crippen LogP contribution in [0.1, 0.15) is 48.6 Å². The van der Waals surface area contributed by atoms with E-state index in [0.717, 1.165) is 11.4 Å². The maximum Gasteiger partial charge on any atom is 0.0554 e. The first-order valence-corrected chi connectivity index (χ1v) is 23.6. The van der Waals surface area contributed by atoms with Gasteiger partial charge in [-0.3, -0.25) is 0 Å². The van der Waals surface area contributed by atoms with Gasteiger partial charge in [-0.05, 0) is 126 Å². The van der Waals surface area contributed by atoms with E-state index >= 15 is 0 Å². The van der Waals surface area contributed by atoms with Crippen LogP contribution in [-0.4, -0.2) is 0 Å². The Balaban J connectivity index is 1.00. The zero-order chi connectivity index (χ0) is 43.4. The molecule has 2 aliphatic rings. The highest BCUT2D eigenvalue weighted by Gasteiger charge is 2.41. The lowest BCUT2D eigenvalue weighted by molar-refractivity contribution is 0.662. The highest BCUT2D eigenvalue weighted by atomic mass is 32.1. The van der Waals surface area contributed by atoms with Crippen molar-refractivity contribution in [2.75, 3.05) is 4.90 Å². The van der Waals surface area contributed by atoms with Crippen LogP contribution in [-0.2, 0) is 10.8 Å². The molecule has 0 spiro atoms. The van der Waals surface area contributed by atoms with E-state index in [1.807, 2.05) is 11.3 Å². The van der Waals surface area contributed by atoms with Gasteiger partial charge in [0.15, 0.2) is 0 Å². The molecule has 0 amide bonds. The fraction of sp³-hybridized carbons (Fsp3) is 0.0794. The molecule has 1 nitrogen and oxygen atoms in total. The summed E-state index contributed by atoms with van der Waals surface area (Å²) in [6, 6.07) is 81.6. The SMILES string of the molecule is CC1(C)c2ccccc2-c2cccc(-c3ccccc3-c3ccc(N(c4ccc5c(c4)C(C)(c4ccccc4)c4ccccc4-5)c4cccc5sc6c7ccccc7ccc6c45)cc3)c21. The highest BCUT2D eigenvalue weighted by molar-refractivity contribution is 7.26. The van der Waals surface area contributed by atoms with Crippen LogP contribution < -0.4 is 4.90 Å². The van der Waals surface area contributed by atoms with Gasteiger partial charge in [-0.15, -0.1) is 11.3 Å². The first-order chi connectivity index (χ1) is 31.9. The maximum absolute atomic E-state index is 2.51. The molecule has 1 unspecified atom stereocenters. The summed E-state index contributed by atoms with van der Waals surface area (Å²) in [5.41, 5.74) is 20.0. The third-order valence-corrected chi connectivity index (χ3v) is 16.0. The molecule has 2 heteroatoms. The van der Waals surface area contributed by atoms with Gasteiger partial charge in [0.05, 0.1) is 5.69 Å². The van der Waals surface area contributed by atoms with E-state index in [-0.39, 0.29) is 10.8 Å². The molecule has 1 heterocycles. The zero-order valence-corrected chi connectivity index (χ0v) is 37.5. The predicted octanol–water partition coefficient (Wildman–Crippen LogP) is 17.7. The van der Waals surface area contributed by atoms with E-state index in [0.29, 0.717) is 0 Å². The van der Waals surface area contributed by atoms with Crippen molar-refractivity contribution in [3.8, 4) is 44.5 Å². The maximum atomic E-state index is 2.51. The van der Waals surface area contributed by atoms with E-state index in [1.165, 1.54) is 109 Å². The van der Waals surface area contributed by atoms with Gasteiger partial charge in [0.25, 0.3) is 0 Å². The Morgan fingerprint density at radius 3 is 1.80 bits per heavy atom. The fourth-order valence-electron chi connectivity index (χ4n) is 11.7. The summed E-state index contributed by atoms with van der Waals surface area (Å²) in [6.07, 6.45) is 0. The first kappa shape index (κ1) is 38.0. The highest BCUT2D eigenvalue weighted by Crippen LogP contribution is 2.56. The molecular weight excluding hydrogens is 803 g/mol. The van der Waals surface area contributed by atoms with E-state index in [9.17, 15) is 0 Å². The van der Waals surface area contributed by atoms with E-state index in [4.69, 9.17) is 0 Å². The second kappa shape index (κ2) is 14.2. The molecule has 2 aliphatic carbocycles. The molecule has 0 radical (unpaired) electrons. The first-order valence-electron chi connectivity index (χ1n) is 22.8. The average Bonchev–Trinajstić information content (AvgIpc) is 3.96. The Morgan fingerprint density at radius 2 is 1.00 bits per heavy atom. The van der Waals surface area contributed by atoms with Crippen LogP contribution in [0.5, 0.6) is 0 Å². The zero-order valence-electron chi connectivity index (χ0n) is 36.6.